The van der Waals surface area contributed by atoms with E-state index in [0.29, 0.717) is 32.4 Å². The van der Waals surface area contributed by atoms with Crippen LogP contribution in [0.2, 0.25) is 0 Å². The zero-order chi connectivity index (χ0) is 22.4. The van der Waals surface area contributed by atoms with Gasteiger partial charge in [-0.3, -0.25) is 9.59 Å². The minimum absolute atomic E-state index is 0.191. The first-order valence-corrected chi connectivity index (χ1v) is 10.0. The molecule has 3 amide bonds. The minimum Gasteiger partial charge on any atom is -0.548 e. The summed E-state index contributed by atoms with van der Waals surface area (Å²) in [6.07, 6.45) is 0.738. The summed E-state index contributed by atoms with van der Waals surface area (Å²) in [5.74, 6) is -1.90. The Labute approximate surface area is 172 Å². The Bertz CT molecular complexity index is 606. The highest BCUT2D eigenvalue weighted by Crippen LogP contribution is 2.21. The van der Waals surface area contributed by atoms with Crippen LogP contribution < -0.4 is 10.4 Å². The summed E-state index contributed by atoms with van der Waals surface area (Å²) in [7, 11) is 1.43. The molecule has 1 heterocycles. The van der Waals surface area contributed by atoms with Crippen molar-refractivity contribution in [2.75, 3.05) is 26.7 Å². The third-order valence-corrected chi connectivity index (χ3v) is 4.59. The average molecular weight is 413 g/mol. The number of amides is 3. The number of carbonyl (C=O) groups is 4. The zero-order valence-corrected chi connectivity index (χ0v) is 18.3. The molecule has 0 aromatic carbocycles. The number of rotatable bonds is 7. The quantitative estimate of drug-likeness (QED) is 0.645. The average Bonchev–Trinajstić information content (AvgIpc) is 2.57. The molecule has 9 nitrogen and oxygen atoms in total. The second kappa shape index (κ2) is 10.5. The maximum Gasteiger partial charge on any atom is 0.408 e. The molecule has 0 spiro atoms. The van der Waals surface area contributed by atoms with Crippen LogP contribution in [0.25, 0.3) is 0 Å². The molecule has 1 N–H and O–H groups in total. The van der Waals surface area contributed by atoms with E-state index in [-0.39, 0.29) is 23.7 Å². The molecule has 0 aromatic rings. The van der Waals surface area contributed by atoms with Gasteiger partial charge >= 0.3 is 6.09 Å². The highest BCUT2D eigenvalue weighted by atomic mass is 16.6. The summed E-state index contributed by atoms with van der Waals surface area (Å²) in [4.78, 5) is 50.9. The number of carboxylic acids is 1. The molecule has 9 heteroatoms. The van der Waals surface area contributed by atoms with Crippen molar-refractivity contribution in [2.45, 2.75) is 65.5 Å². The van der Waals surface area contributed by atoms with Crippen LogP contribution in [-0.4, -0.2) is 72.0 Å². The van der Waals surface area contributed by atoms with Gasteiger partial charge in [0.25, 0.3) is 0 Å². The lowest BCUT2D eigenvalue weighted by Gasteiger charge is -2.35. The molecule has 1 fully saturated rings. The van der Waals surface area contributed by atoms with Crippen LogP contribution >= 0.6 is 0 Å². The fourth-order valence-electron chi connectivity index (χ4n) is 3.29. The van der Waals surface area contributed by atoms with Crippen molar-refractivity contribution < 1.29 is 29.0 Å². The number of nitrogens with one attached hydrogen (secondary N) is 1. The van der Waals surface area contributed by atoms with Crippen LogP contribution in [0.4, 0.5) is 4.79 Å². The van der Waals surface area contributed by atoms with Gasteiger partial charge in [0.1, 0.15) is 11.6 Å². The van der Waals surface area contributed by atoms with Crippen molar-refractivity contribution >= 4 is 23.9 Å². The first kappa shape index (κ1) is 24.7. The maximum absolute atomic E-state index is 13.0. The Hall–Kier alpha value is -2.32. The summed E-state index contributed by atoms with van der Waals surface area (Å²) >= 11 is 0. The molecule has 0 bridgehead atoms. The number of carboxylic acid groups (broad SMARTS) is 1. The summed E-state index contributed by atoms with van der Waals surface area (Å²) in [5.41, 5.74) is -0.661. The van der Waals surface area contributed by atoms with Gasteiger partial charge in [0.15, 0.2) is 0 Å². The number of alkyl carbamates (subject to hydrolysis) is 1. The van der Waals surface area contributed by atoms with Crippen LogP contribution in [0.5, 0.6) is 0 Å². The van der Waals surface area contributed by atoms with Crippen LogP contribution in [0.1, 0.15) is 53.9 Å². The molecular weight excluding hydrogens is 378 g/mol. The van der Waals surface area contributed by atoms with Gasteiger partial charge < -0.3 is 29.8 Å². The van der Waals surface area contributed by atoms with Gasteiger partial charge in [0, 0.05) is 26.1 Å². The van der Waals surface area contributed by atoms with E-state index in [0.717, 1.165) is 4.90 Å². The predicted octanol–water partition coefficient (Wildman–Crippen LogP) is 0.373. The molecule has 0 saturated carbocycles. The molecule has 1 saturated heterocycles. The topological polar surface area (TPSA) is 119 Å². The van der Waals surface area contributed by atoms with Crippen LogP contribution in [-0.2, 0) is 19.1 Å². The Morgan fingerprint density at radius 2 is 1.72 bits per heavy atom. The van der Waals surface area contributed by atoms with E-state index >= 15 is 0 Å². The number of hydrogen-bond acceptors (Lipinski definition) is 6. The van der Waals surface area contributed by atoms with Gasteiger partial charge in [0.2, 0.25) is 11.8 Å². The highest BCUT2D eigenvalue weighted by Gasteiger charge is 2.33. The van der Waals surface area contributed by atoms with Gasteiger partial charge in [0.05, 0.1) is 12.5 Å². The van der Waals surface area contributed by atoms with Gasteiger partial charge in [-0.2, -0.15) is 0 Å². The largest absolute Gasteiger partial charge is 0.548 e. The Balaban J connectivity index is 2.69. The number of nitrogens with zero attached hydrogens (tertiary/aromatic N) is 2. The summed E-state index contributed by atoms with van der Waals surface area (Å²) in [5, 5.41) is 13.3. The highest BCUT2D eigenvalue weighted by molar-refractivity contribution is 5.86. The molecular formula is C20H34N3O6-. The molecule has 0 aromatic heterocycles. The first-order chi connectivity index (χ1) is 13.3. The molecule has 1 aliphatic rings. The van der Waals surface area contributed by atoms with Crippen LogP contribution in [0.3, 0.4) is 0 Å². The fraction of sp³-hybridized carbons (Fsp3) is 0.800. The first-order valence-electron chi connectivity index (χ1n) is 10.0. The van der Waals surface area contributed by atoms with E-state index in [1.165, 1.54) is 7.05 Å². The number of aliphatic carboxylic acids is 1. The number of piperidine rings is 1. The Kier molecular flexibility index (Phi) is 8.91. The molecule has 1 atom stereocenters. The lowest BCUT2D eigenvalue weighted by atomic mass is 9.94. The number of ether oxygens (including phenoxy) is 1. The standard InChI is InChI=1S/C20H35N3O6/c1-13(2)11-15(21-19(28)29-20(3,4)5)18(27)23-9-7-14(8-10-23)17(26)22(6)12-16(24)25/h13-15H,7-12H2,1-6H3,(H,21,28)(H,24,25)/p-1/t15-/m0/s1. The van der Waals surface area contributed by atoms with E-state index < -0.39 is 30.3 Å². The zero-order valence-electron chi connectivity index (χ0n) is 18.3. The normalized spacial score (nSPS) is 16.3. The second-order valence-electron chi connectivity index (χ2n) is 8.99. The third-order valence-electron chi connectivity index (χ3n) is 4.59. The van der Waals surface area contributed by atoms with Crippen LogP contribution in [0, 0.1) is 11.8 Å². The van der Waals surface area contributed by atoms with Gasteiger partial charge in [-0.1, -0.05) is 13.8 Å². The summed E-state index contributed by atoms with van der Waals surface area (Å²) in [6.45, 7) is 9.50. The van der Waals surface area contributed by atoms with E-state index in [2.05, 4.69) is 5.32 Å². The minimum atomic E-state index is -1.31. The van der Waals surface area contributed by atoms with E-state index in [4.69, 9.17) is 4.74 Å². The Morgan fingerprint density at radius 3 is 2.17 bits per heavy atom. The second-order valence-corrected chi connectivity index (χ2v) is 8.99. The van der Waals surface area contributed by atoms with Gasteiger partial charge in [-0.15, -0.1) is 0 Å². The van der Waals surface area contributed by atoms with E-state index in [9.17, 15) is 24.3 Å². The summed E-state index contributed by atoms with van der Waals surface area (Å²) < 4.78 is 5.27. The lowest BCUT2D eigenvalue weighted by Crippen LogP contribution is -2.53. The fourth-order valence-corrected chi connectivity index (χ4v) is 3.29. The van der Waals surface area contributed by atoms with Crippen molar-refractivity contribution in [2.24, 2.45) is 11.8 Å². The van der Waals surface area contributed by atoms with Crippen molar-refractivity contribution in [1.29, 1.82) is 0 Å². The van der Waals surface area contributed by atoms with Crippen molar-refractivity contribution in [3.8, 4) is 0 Å². The molecule has 0 radical (unpaired) electrons. The number of likely N-dealkylation sites (N-methyl/N-ethyl adjacent to an activating group) is 1. The maximum atomic E-state index is 13.0. The van der Waals surface area contributed by atoms with Crippen LogP contribution in [0.15, 0.2) is 0 Å². The molecule has 1 aliphatic heterocycles. The summed E-state index contributed by atoms with van der Waals surface area (Å²) in [6, 6.07) is -0.696. The Morgan fingerprint density at radius 1 is 1.17 bits per heavy atom. The molecule has 0 aliphatic carbocycles. The smallest absolute Gasteiger partial charge is 0.408 e. The number of carbonyl (C=O) groups excluding carboxylic acids is 4. The van der Waals surface area contributed by atoms with Crippen molar-refractivity contribution in [3.05, 3.63) is 0 Å². The van der Waals surface area contributed by atoms with Gasteiger partial charge in [-0.05, 0) is 46.0 Å². The van der Waals surface area contributed by atoms with E-state index in [1.807, 2.05) is 13.8 Å². The predicted molar refractivity (Wildman–Crippen MR) is 105 cm³/mol. The van der Waals surface area contributed by atoms with E-state index in [1.54, 1.807) is 25.7 Å². The molecule has 166 valence electrons. The lowest BCUT2D eigenvalue weighted by molar-refractivity contribution is -0.305. The number of hydrogen-bond donors (Lipinski definition) is 1. The monoisotopic (exact) mass is 412 g/mol. The number of likely N-dealkylation sites (tertiary alicyclic amines) is 1. The molecule has 0 unspecified atom stereocenters. The molecule has 29 heavy (non-hydrogen) atoms. The SMILES string of the molecule is CC(C)C[C@H](NC(=O)OC(C)(C)C)C(=O)N1CCC(C(=O)N(C)CC(=O)[O-])CC1. The van der Waals surface area contributed by atoms with Gasteiger partial charge in [-0.25, -0.2) is 4.79 Å². The van der Waals surface area contributed by atoms with Crippen molar-refractivity contribution in [1.82, 2.24) is 15.1 Å². The van der Waals surface area contributed by atoms with Crippen molar-refractivity contribution in [3.63, 3.8) is 0 Å². The molecule has 1 rings (SSSR count). The third kappa shape index (κ3) is 8.70.